The Balaban J connectivity index is 2.29. The highest BCUT2D eigenvalue weighted by atomic mass is 19.4. The maximum atomic E-state index is 12.9. The van der Waals surface area contributed by atoms with Crippen LogP contribution in [-0.4, -0.2) is 22.1 Å². The van der Waals surface area contributed by atoms with Crippen LogP contribution in [0.2, 0.25) is 0 Å². The third-order valence-electron chi connectivity index (χ3n) is 2.94. The standard InChI is InChI=1S/C15H10F3NO4/c16-15(17,18)12-7-10(20)5-6-11(12)13(21)19-9-3-1-8(2-4-9)14(22)23/h1-7,20H,(H,19,21)(H,22,23). The zero-order valence-electron chi connectivity index (χ0n) is 11.4. The number of anilines is 1. The fraction of sp³-hybridized carbons (Fsp3) is 0.0667. The van der Waals surface area contributed by atoms with Gasteiger partial charge in [-0.1, -0.05) is 0 Å². The van der Waals surface area contributed by atoms with Crippen molar-refractivity contribution >= 4 is 17.6 Å². The molecule has 2 aromatic rings. The van der Waals surface area contributed by atoms with E-state index in [2.05, 4.69) is 5.32 Å². The number of aromatic carboxylic acids is 1. The minimum Gasteiger partial charge on any atom is -0.508 e. The normalized spacial score (nSPS) is 11.1. The summed E-state index contributed by atoms with van der Waals surface area (Å²) in [5.41, 5.74) is -1.81. The van der Waals surface area contributed by atoms with Crippen LogP contribution in [0.3, 0.4) is 0 Å². The van der Waals surface area contributed by atoms with Crippen LogP contribution >= 0.6 is 0 Å². The second kappa shape index (κ2) is 5.99. The van der Waals surface area contributed by atoms with Crippen LogP contribution in [0.1, 0.15) is 26.3 Å². The monoisotopic (exact) mass is 325 g/mol. The van der Waals surface area contributed by atoms with Gasteiger partial charge in [0.1, 0.15) is 5.75 Å². The van der Waals surface area contributed by atoms with Crippen LogP contribution in [0.25, 0.3) is 0 Å². The number of amides is 1. The molecule has 0 aliphatic carbocycles. The van der Waals surface area contributed by atoms with Crippen molar-refractivity contribution in [2.24, 2.45) is 0 Å². The molecule has 0 aromatic heterocycles. The molecule has 2 rings (SSSR count). The molecular weight excluding hydrogens is 315 g/mol. The Bertz CT molecular complexity index is 754. The van der Waals surface area contributed by atoms with Gasteiger partial charge in [-0.25, -0.2) is 4.79 Å². The lowest BCUT2D eigenvalue weighted by atomic mass is 10.1. The first-order valence-corrected chi connectivity index (χ1v) is 6.23. The third-order valence-corrected chi connectivity index (χ3v) is 2.94. The molecule has 0 saturated heterocycles. The van der Waals surface area contributed by atoms with E-state index in [0.29, 0.717) is 6.07 Å². The van der Waals surface area contributed by atoms with E-state index in [9.17, 15) is 22.8 Å². The predicted octanol–water partition coefficient (Wildman–Crippen LogP) is 3.36. The molecule has 5 nitrogen and oxygen atoms in total. The first-order valence-electron chi connectivity index (χ1n) is 6.23. The Hall–Kier alpha value is -3.03. The molecule has 120 valence electrons. The smallest absolute Gasteiger partial charge is 0.417 e. The maximum Gasteiger partial charge on any atom is 0.417 e. The van der Waals surface area contributed by atoms with Gasteiger partial charge < -0.3 is 15.5 Å². The number of rotatable bonds is 3. The highest BCUT2D eigenvalue weighted by Crippen LogP contribution is 2.34. The van der Waals surface area contributed by atoms with Crippen molar-refractivity contribution in [3.63, 3.8) is 0 Å². The van der Waals surface area contributed by atoms with Crippen LogP contribution < -0.4 is 5.32 Å². The number of carboxylic acids is 1. The van der Waals surface area contributed by atoms with Gasteiger partial charge in [0.05, 0.1) is 16.7 Å². The van der Waals surface area contributed by atoms with E-state index in [1.165, 1.54) is 24.3 Å². The van der Waals surface area contributed by atoms with Crippen LogP contribution in [-0.2, 0) is 6.18 Å². The Kier molecular flexibility index (Phi) is 4.26. The lowest BCUT2D eigenvalue weighted by Crippen LogP contribution is -2.18. The van der Waals surface area contributed by atoms with Gasteiger partial charge in [-0.2, -0.15) is 13.2 Å². The number of nitrogens with one attached hydrogen (secondary N) is 1. The fourth-order valence-corrected chi connectivity index (χ4v) is 1.86. The molecule has 3 N–H and O–H groups in total. The van der Waals surface area contributed by atoms with Gasteiger partial charge in [0.15, 0.2) is 0 Å². The summed E-state index contributed by atoms with van der Waals surface area (Å²) in [5, 5.41) is 20.2. The van der Waals surface area contributed by atoms with Gasteiger partial charge in [0, 0.05) is 5.69 Å². The van der Waals surface area contributed by atoms with E-state index in [1.807, 2.05) is 0 Å². The zero-order valence-corrected chi connectivity index (χ0v) is 11.4. The Morgan fingerprint density at radius 3 is 2.13 bits per heavy atom. The molecule has 0 unspecified atom stereocenters. The Morgan fingerprint density at radius 2 is 1.61 bits per heavy atom. The number of halogens is 3. The fourth-order valence-electron chi connectivity index (χ4n) is 1.86. The number of phenols is 1. The number of hydrogen-bond donors (Lipinski definition) is 3. The summed E-state index contributed by atoms with van der Waals surface area (Å²) >= 11 is 0. The van der Waals surface area contributed by atoms with Crippen LogP contribution in [0.15, 0.2) is 42.5 Å². The molecule has 2 aromatic carbocycles. The molecule has 0 aliphatic heterocycles. The SMILES string of the molecule is O=C(O)c1ccc(NC(=O)c2ccc(O)cc2C(F)(F)F)cc1. The van der Waals surface area contributed by atoms with Gasteiger partial charge in [0.2, 0.25) is 0 Å². The van der Waals surface area contributed by atoms with E-state index >= 15 is 0 Å². The van der Waals surface area contributed by atoms with E-state index in [-0.39, 0.29) is 11.3 Å². The molecule has 0 bridgehead atoms. The molecule has 23 heavy (non-hydrogen) atoms. The van der Waals surface area contributed by atoms with Gasteiger partial charge in [-0.15, -0.1) is 0 Å². The number of phenolic OH excluding ortho intramolecular Hbond substituents is 1. The number of carbonyl (C=O) groups is 2. The number of hydrogen-bond acceptors (Lipinski definition) is 3. The Labute approximate surface area is 128 Å². The molecule has 0 heterocycles. The van der Waals surface area contributed by atoms with Gasteiger partial charge in [-0.3, -0.25) is 4.79 Å². The average molecular weight is 325 g/mol. The zero-order chi connectivity index (χ0) is 17.2. The van der Waals surface area contributed by atoms with Crippen LogP contribution in [0, 0.1) is 0 Å². The van der Waals surface area contributed by atoms with Gasteiger partial charge in [-0.05, 0) is 42.5 Å². The molecule has 8 heteroatoms. The molecule has 0 radical (unpaired) electrons. The van der Waals surface area contributed by atoms with Crippen molar-refractivity contribution in [3.8, 4) is 5.75 Å². The summed E-state index contributed by atoms with van der Waals surface area (Å²) in [7, 11) is 0. The summed E-state index contributed by atoms with van der Waals surface area (Å²) in [6.07, 6.45) is -4.81. The molecule has 0 aliphatic rings. The highest BCUT2D eigenvalue weighted by Gasteiger charge is 2.35. The van der Waals surface area contributed by atoms with Gasteiger partial charge >= 0.3 is 12.1 Å². The van der Waals surface area contributed by atoms with Crippen LogP contribution in [0.5, 0.6) is 5.75 Å². The van der Waals surface area contributed by atoms with Crippen LogP contribution in [0.4, 0.5) is 18.9 Å². The summed E-state index contributed by atoms with van der Waals surface area (Å²) in [4.78, 5) is 22.7. The summed E-state index contributed by atoms with van der Waals surface area (Å²) in [6, 6.07) is 7.22. The van der Waals surface area contributed by atoms with E-state index in [1.54, 1.807) is 0 Å². The van der Waals surface area contributed by atoms with Crippen molar-refractivity contribution in [3.05, 3.63) is 59.2 Å². The quantitative estimate of drug-likeness (QED) is 0.807. The van der Waals surface area contributed by atoms with E-state index in [0.717, 1.165) is 12.1 Å². The van der Waals surface area contributed by atoms with Crippen molar-refractivity contribution in [1.29, 1.82) is 0 Å². The first kappa shape index (κ1) is 16.3. The Morgan fingerprint density at radius 1 is 1.00 bits per heavy atom. The largest absolute Gasteiger partial charge is 0.508 e. The van der Waals surface area contributed by atoms with Gasteiger partial charge in [0.25, 0.3) is 5.91 Å². The second-order valence-corrected chi connectivity index (χ2v) is 4.56. The number of aromatic hydroxyl groups is 1. The molecule has 0 spiro atoms. The summed E-state index contributed by atoms with van der Waals surface area (Å²) < 4.78 is 38.7. The van der Waals surface area contributed by atoms with Crippen molar-refractivity contribution in [1.82, 2.24) is 0 Å². The highest BCUT2D eigenvalue weighted by molar-refractivity contribution is 6.05. The lowest BCUT2D eigenvalue weighted by Gasteiger charge is -2.13. The minimum absolute atomic E-state index is 0.0244. The van der Waals surface area contributed by atoms with Crippen molar-refractivity contribution in [2.75, 3.05) is 5.32 Å². The molecule has 0 atom stereocenters. The van der Waals surface area contributed by atoms with E-state index in [4.69, 9.17) is 10.2 Å². The molecule has 0 fully saturated rings. The average Bonchev–Trinajstić information content (AvgIpc) is 2.46. The predicted molar refractivity (Wildman–Crippen MR) is 74.5 cm³/mol. The van der Waals surface area contributed by atoms with E-state index < -0.39 is 34.9 Å². The summed E-state index contributed by atoms with van der Waals surface area (Å²) in [5.74, 6) is -2.80. The third kappa shape index (κ3) is 3.79. The molecular formula is C15H10F3NO4. The minimum atomic E-state index is -4.81. The number of alkyl halides is 3. The summed E-state index contributed by atoms with van der Waals surface area (Å²) in [6.45, 7) is 0. The lowest BCUT2D eigenvalue weighted by molar-refractivity contribution is -0.138. The number of carbonyl (C=O) groups excluding carboxylic acids is 1. The van der Waals surface area contributed by atoms with Crippen molar-refractivity contribution in [2.45, 2.75) is 6.18 Å². The van der Waals surface area contributed by atoms with Crippen molar-refractivity contribution < 1.29 is 33.0 Å². The molecule has 1 amide bonds. The molecule has 0 saturated carbocycles. The second-order valence-electron chi connectivity index (χ2n) is 4.56. The number of benzene rings is 2. The number of carboxylic acid groups (broad SMARTS) is 1. The maximum absolute atomic E-state index is 12.9. The topological polar surface area (TPSA) is 86.6 Å². The first-order chi connectivity index (χ1) is 10.7.